The van der Waals surface area contributed by atoms with E-state index in [1.54, 1.807) is 0 Å². The summed E-state index contributed by atoms with van der Waals surface area (Å²) in [5, 5.41) is 3.30. The molecule has 18 heavy (non-hydrogen) atoms. The number of anilines is 1. The van der Waals surface area contributed by atoms with Gasteiger partial charge in [-0.3, -0.25) is 11.1 Å². The van der Waals surface area contributed by atoms with E-state index in [2.05, 4.69) is 56.1 Å². The largest absolute Gasteiger partial charge is 0.342 e. The molecular weight excluding hydrogens is 222 g/mol. The van der Waals surface area contributed by atoms with Crippen molar-refractivity contribution in [3.05, 3.63) is 29.3 Å². The van der Waals surface area contributed by atoms with Crippen LogP contribution in [0.15, 0.2) is 18.2 Å². The van der Waals surface area contributed by atoms with Gasteiger partial charge in [0.15, 0.2) is 0 Å². The van der Waals surface area contributed by atoms with Crippen molar-refractivity contribution in [1.29, 1.82) is 0 Å². The maximum absolute atomic E-state index is 6.16. The molecule has 0 spiro atoms. The summed E-state index contributed by atoms with van der Waals surface area (Å²) in [6.45, 7) is 10.9. The fourth-order valence-corrected chi connectivity index (χ4v) is 2.68. The van der Waals surface area contributed by atoms with Crippen LogP contribution in [0.4, 0.5) is 5.69 Å². The maximum atomic E-state index is 6.16. The Morgan fingerprint density at radius 3 is 2.11 bits per heavy atom. The normalized spacial score (nSPS) is 20.2. The minimum atomic E-state index is -0.0533. The molecule has 1 heterocycles. The molecule has 1 atom stereocenters. The number of nitrogens with zero attached hydrogens (tertiary/aromatic N) is 1. The van der Waals surface area contributed by atoms with Gasteiger partial charge in [-0.25, -0.2) is 0 Å². The van der Waals surface area contributed by atoms with Crippen LogP contribution in [0.2, 0.25) is 0 Å². The standard InChI is InChI=1S/C15H25N3/c1-10(2)12-6-5-7-13(11(3)4)14(12)18-9-8-17-15(18)16/h5-7,10-11,15,17H,8-9,16H2,1-4H3. The Kier molecular flexibility index (Phi) is 3.93. The SMILES string of the molecule is CC(C)c1cccc(C(C)C)c1N1CCNC1N. The molecule has 1 aliphatic rings. The van der Waals surface area contributed by atoms with E-state index in [0.717, 1.165) is 13.1 Å². The van der Waals surface area contributed by atoms with Crippen LogP contribution in [-0.2, 0) is 0 Å². The Balaban J connectivity index is 2.53. The molecular formula is C15H25N3. The number of benzene rings is 1. The van der Waals surface area contributed by atoms with Crippen molar-refractivity contribution < 1.29 is 0 Å². The van der Waals surface area contributed by atoms with Crippen LogP contribution in [0.5, 0.6) is 0 Å². The topological polar surface area (TPSA) is 41.3 Å². The summed E-state index contributed by atoms with van der Waals surface area (Å²) in [6, 6.07) is 6.64. The van der Waals surface area contributed by atoms with Crippen molar-refractivity contribution in [3.8, 4) is 0 Å². The lowest BCUT2D eigenvalue weighted by molar-refractivity contribution is 0.625. The van der Waals surface area contributed by atoms with Crippen molar-refractivity contribution in [1.82, 2.24) is 5.32 Å². The Morgan fingerprint density at radius 2 is 1.72 bits per heavy atom. The molecule has 0 saturated carbocycles. The van der Waals surface area contributed by atoms with E-state index in [1.165, 1.54) is 16.8 Å². The van der Waals surface area contributed by atoms with Gasteiger partial charge < -0.3 is 4.90 Å². The number of nitrogens with one attached hydrogen (secondary N) is 1. The lowest BCUT2D eigenvalue weighted by Gasteiger charge is -2.30. The third kappa shape index (κ3) is 2.38. The first kappa shape index (κ1) is 13.4. The number of hydrogen-bond acceptors (Lipinski definition) is 3. The van der Waals surface area contributed by atoms with Crippen molar-refractivity contribution >= 4 is 5.69 Å². The second-order valence-corrected chi connectivity index (χ2v) is 5.69. The van der Waals surface area contributed by atoms with E-state index in [-0.39, 0.29) is 6.29 Å². The third-order valence-electron chi connectivity index (χ3n) is 3.67. The van der Waals surface area contributed by atoms with Gasteiger partial charge in [0, 0.05) is 18.8 Å². The summed E-state index contributed by atoms with van der Waals surface area (Å²) in [6.07, 6.45) is -0.0533. The molecule has 2 rings (SSSR count). The van der Waals surface area contributed by atoms with Crippen molar-refractivity contribution in [2.75, 3.05) is 18.0 Å². The van der Waals surface area contributed by atoms with Crippen molar-refractivity contribution in [2.45, 2.75) is 45.8 Å². The first-order chi connectivity index (χ1) is 8.52. The summed E-state index contributed by atoms with van der Waals surface area (Å²) in [4.78, 5) is 2.31. The molecule has 3 N–H and O–H groups in total. The molecule has 3 nitrogen and oxygen atoms in total. The lowest BCUT2D eigenvalue weighted by atomic mass is 9.92. The van der Waals surface area contributed by atoms with Crippen LogP contribution in [0.1, 0.15) is 50.7 Å². The van der Waals surface area contributed by atoms with Gasteiger partial charge >= 0.3 is 0 Å². The molecule has 0 radical (unpaired) electrons. The molecule has 1 aliphatic heterocycles. The van der Waals surface area contributed by atoms with Crippen LogP contribution in [-0.4, -0.2) is 19.4 Å². The van der Waals surface area contributed by atoms with E-state index >= 15 is 0 Å². The van der Waals surface area contributed by atoms with Crippen molar-refractivity contribution in [3.63, 3.8) is 0 Å². The van der Waals surface area contributed by atoms with Crippen LogP contribution in [0.3, 0.4) is 0 Å². The van der Waals surface area contributed by atoms with Gasteiger partial charge in [0.2, 0.25) is 0 Å². The number of hydrogen-bond donors (Lipinski definition) is 2. The molecule has 1 aromatic rings. The highest BCUT2D eigenvalue weighted by atomic mass is 15.4. The molecule has 1 saturated heterocycles. The molecule has 1 aromatic carbocycles. The van der Waals surface area contributed by atoms with Gasteiger partial charge in [-0.05, 0) is 23.0 Å². The Bertz CT molecular complexity index is 386. The highest BCUT2D eigenvalue weighted by Gasteiger charge is 2.26. The van der Waals surface area contributed by atoms with E-state index in [9.17, 15) is 0 Å². The fraction of sp³-hybridized carbons (Fsp3) is 0.600. The third-order valence-corrected chi connectivity index (χ3v) is 3.67. The molecule has 3 heteroatoms. The van der Waals surface area contributed by atoms with E-state index in [1.807, 2.05) is 0 Å². The Hall–Kier alpha value is -1.06. The van der Waals surface area contributed by atoms with Crippen molar-refractivity contribution in [2.24, 2.45) is 5.73 Å². The molecule has 100 valence electrons. The minimum absolute atomic E-state index is 0.0533. The minimum Gasteiger partial charge on any atom is -0.342 e. The van der Waals surface area contributed by atoms with Gasteiger partial charge in [-0.2, -0.15) is 0 Å². The van der Waals surface area contributed by atoms with Gasteiger partial charge in [0.1, 0.15) is 6.29 Å². The van der Waals surface area contributed by atoms with E-state index in [0.29, 0.717) is 11.8 Å². The highest BCUT2D eigenvalue weighted by molar-refractivity contribution is 5.63. The molecule has 1 fully saturated rings. The average Bonchev–Trinajstić information content (AvgIpc) is 2.74. The first-order valence-corrected chi connectivity index (χ1v) is 6.90. The summed E-state index contributed by atoms with van der Waals surface area (Å²) >= 11 is 0. The quantitative estimate of drug-likeness (QED) is 0.862. The Morgan fingerprint density at radius 1 is 1.17 bits per heavy atom. The predicted molar refractivity (Wildman–Crippen MR) is 77.9 cm³/mol. The van der Waals surface area contributed by atoms with Crippen LogP contribution in [0.25, 0.3) is 0 Å². The van der Waals surface area contributed by atoms with Gasteiger partial charge in [0.25, 0.3) is 0 Å². The summed E-state index contributed by atoms with van der Waals surface area (Å²) in [5.74, 6) is 1.04. The average molecular weight is 247 g/mol. The predicted octanol–water partition coefficient (Wildman–Crippen LogP) is 2.59. The maximum Gasteiger partial charge on any atom is 0.132 e. The van der Waals surface area contributed by atoms with Gasteiger partial charge in [-0.1, -0.05) is 45.9 Å². The molecule has 1 unspecified atom stereocenters. The lowest BCUT2D eigenvalue weighted by Crippen LogP contribution is -2.44. The number of para-hydroxylation sites is 1. The molecule has 0 aromatic heterocycles. The van der Waals surface area contributed by atoms with Gasteiger partial charge in [0.05, 0.1) is 0 Å². The van der Waals surface area contributed by atoms with Crippen LogP contribution < -0.4 is 16.0 Å². The Labute approximate surface area is 110 Å². The monoisotopic (exact) mass is 247 g/mol. The molecule has 0 bridgehead atoms. The van der Waals surface area contributed by atoms with Gasteiger partial charge in [-0.15, -0.1) is 0 Å². The number of rotatable bonds is 3. The van der Waals surface area contributed by atoms with E-state index in [4.69, 9.17) is 5.73 Å². The summed E-state index contributed by atoms with van der Waals surface area (Å²) in [5.41, 5.74) is 10.3. The fourth-order valence-electron chi connectivity index (χ4n) is 2.68. The van der Waals surface area contributed by atoms with Crippen LogP contribution >= 0.6 is 0 Å². The zero-order valence-electron chi connectivity index (χ0n) is 11.9. The molecule has 0 aliphatic carbocycles. The zero-order valence-corrected chi connectivity index (χ0v) is 11.9. The van der Waals surface area contributed by atoms with Crippen LogP contribution in [0, 0.1) is 0 Å². The zero-order chi connectivity index (χ0) is 13.3. The second-order valence-electron chi connectivity index (χ2n) is 5.69. The van der Waals surface area contributed by atoms with E-state index < -0.39 is 0 Å². The highest BCUT2D eigenvalue weighted by Crippen LogP contribution is 2.36. The number of nitrogens with two attached hydrogens (primary N) is 1. The summed E-state index contributed by atoms with van der Waals surface area (Å²) in [7, 11) is 0. The first-order valence-electron chi connectivity index (χ1n) is 6.90. The smallest absolute Gasteiger partial charge is 0.132 e. The second kappa shape index (κ2) is 5.29. The summed E-state index contributed by atoms with van der Waals surface area (Å²) < 4.78 is 0. The molecule has 0 amide bonds.